The number of nitrogens with two attached hydrogens (primary N) is 3. The number of aromatic nitrogens is 1. The number of carbonyl (C=O) groups excluding carboxylic acids is 11. The minimum atomic E-state index is -1.86. The molecule has 1 aromatic heterocycles. The first-order valence-electron chi connectivity index (χ1n) is 27.3. The van der Waals surface area contributed by atoms with Gasteiger partial charge in [0.25, 0.3) is 5.91 Å². The largest absolute Gasteiger partial charge is 0.508 e. The number of aliphatic hydroxyl groups excluding tert-OH is 1. The molecule has 20 N–H and O–H groups in total. The van der Waals surface area contributed by atoms with Crippen molar-refractivity contribution in [3.05, 3.63) is 102 Å². The van der Waals surface area contributed by atoms with Crippen molar-refractivity contribution in [2.24, 2.45) is 28.1 Å². The molecule has 4 aromatic rings. The highest BCUT2D eigenvalue weighted by molar-refractivity contribution is 5.99. The number of para-hydroxylation sites is 1. The SMILES string of the molecule is CN=C(N)NCCC[C@H](NC(=O)[C@H](CC(C)C)NC(=O)NNC(=O)[C@H](Cc1ccccc1)NC(=O)[C@@H](NC(=O)[C@H](CC(N)=O)NC(=O)[C@@H](C)NC(=O)[C@@H](Cc1ccc(O)cc1)NC(C)=O)[C@@H](C)O)C(=O)N[C@@H](Cc1c[nH]c2ccccc12)C(N)=O. The number of aliphatic hydroxyl groups is 1. The number of nitrogens with zero attached hydrogens (tertiary/aromatic N) is 1. The molecule has 460 valence electrons. The van der Waals surface area contributed by atoms with E-state index in [4.69, 9.17) is 17.2 Å². The Morgan fingerprint density at radius 1 is 0.576 bits per heavy atom. The summed E-state index contributed by atoms with van der Waals surface area (Å²) < 4.78 is 0. The molecule has 0 bridgehead atoms. The van der Waals surface area contributed by atoms with Crippen LogP contribution < -0.4 is 75.9 Å². The van der Waals surface area contributed by atoms with Crippen molar-refractivity contribution in [2.75, 3.05) is 13.6 Å². The average Bonchev–Trinajstić information content (AvgIpc) is 4.07. The third-order valence-electron chi connectivity index (χ3n) is 13.1. The predicted molar refractivity (Wildman–Crippen MR) is 311 cm³/mol. The third-order valence-corrected chi connectivity index (χ3v) is 13.1. The average molecular weight is 1180 g/mol. The van der Waals surface area contributed by atoms with E-state index in [2.05, 4.69) is 68.7 Å². The van der Waals surface area contributed by atoms with Gasteiger partial charge in [-0.25, -0.2) is 10.2 Å². The summed E-state index contributed by atoms with van der Waals surface area (Å²) in [5.74, 6) is -9.30. The number of urea groups is 1. The van der Waals surface area contributed by atoms with Crippen molar-refractivity contribution in [1.82, 2.24) is 63.7 Å². The van der Waals surface area contributed by atoms with Crippen LogP contribution in [-0.4, -0.2) is 154 Å². The molecule has 0 fully saturated rings. The molecule has 0 saturated heterocycles. The van der Waals surface area contributed by atoms with Crippen LogP contribution in [0.4, 0.5) is 4.79 Å². The topological polar surface area (TPSA) is 467 Å². The van der Waals surface area contributed by atoms with Gasteiger partial charge < -0.3 is 80.2 Å². The van der Waals surface area contributed by atoms with E-state index in [0.717, 1.165) is 17.8 Å². The molecule has 0 radical (unpaired) electrons. The maximum atomic E-state index is 14.1. The number of fused-ring (bicyclic) bond motifs is 1. The maximum Gasteiger partial charge on any atom is 0.334 e. The Bertz CT molecular complexity index is 3010. The van der Waals surface area contributed by atoms with Crippen LogP contribution in [0.3, 0.4) is 0 Å². The molecule has 1 heterocycles. The fraction of sp³-hybridized carbons (Fsp3) is 0.429. The number of carbonyl (C=O) groups is 11. The van der Waals surface area contributed by atoms with Crippen molar-refractivity contribution < 1.29 is 63.0 Å². The molecule has 3 aromatic carbocycles. The lowest BCUT2D eigenvalue weighted by Crippen LogP contribution is -2.62. The summed E-state index contributed by atoms with van der Waals surface area (Å²) in [7, 11) is 1.48. The van der Waals surface area contributed by atoms with E-state index in [0.29, 0.717) is 16.7 Å². The first-order chi connectivity index (χ1) is 40.2. The van der Waals surface area contributed by atoms with Gasteiger partial charge in [-0.3, -0.25) is 58.4 Å². The monoisotopic (exact) mass is 1180 g/mol. The Kier molecular flexibility index (Phi) is 26.6. The van der Waals surface area contributed by atoms with Gasteiger partial charge in [-0.15, -0.1) is 0 Å². The summed E-state index contributed by atoms with van der Waals surface area (Å²) in [6.45, 7) is 7.34. The van der Waals surface area contributed by atoms with Crippen LogP contribution in [0.5, 0.6) is 5.75 Å². The van der Waals surface area contributed by atoms with Crippen LogP contribution in [0.2, 0.25) is 0 Å². The van der Waals surface area contributed by atoms with E-state index in [1.807, 2.05) is 24.3 Å². The van der Waals surface area contributed by atoms with Gasteiger partial charge in [0, 0.05) is 56.9 Å². The molecule has 0 aliphatic rings. The van der Waals surface area contributed by atoms with E-state index in [1.54, 1.807) is 50.4 Å². The molecule has 29 nitrogen and oxygen atoms in total. The van der Waals surface area contributed by atoms with Gasteiger partial charge in [0.15, 0.2) is 5.96 Å². The molecule has 0 aliphatic heterocycles. The molecule has 0 saturated carbocycles. The number of guanidine groups is 1. The molecular weight excluding hydrogens is 1100 g/mol. The first kappa shape index (κ1) is 67.7. The zero-order valence-electron chi connectivity index (χ0n) is 48.1. The number of phenols is 1. The normalized spacial score (nSPS) is 14.4. The smallest absolute Gasteiger partial charge is 0.334 e. The van der Waals surface area contributed by atoms with Crippen LogP contribution >= 0.6 is 0 Å². The maximum absolute atomic E-state index is 14.1. The number of aromatic hydroxyl groups is 1. The number of hydrogen-bond acceptors (Lipinski definition) is 14. The van der Waals surface area contributed by atoms with E-state index in [9.17, 15) is 63.0 Å². The molecule has 12 amide bonds. The van der Waals surface area contributed by atoms with Crippen molar-refractivity contribution in [2.45, 2.75) is 134 Å². The number of amides is 12. The number of aliphatic imine (C=N–C) groups is 1. The molecule has 0 aliphatic carbocycles. The first-order valence-corrected chi connectivity index (χ1v) is 27.3. The summed E-state index contributed by atoms with van der Waals surface area (Å²) in [6, 6.07) is 8.77. The van der Waals surface area contributed by atoms with Gasteiger partial charge >= 0.3 is 6.03 Å². The molecule has 0 spiro atoms. The molecule has 0 unspecified atom stereocenters. The van der Waals surface area contributed by atoms with E-state index >= 15 is 0 Å². The number of benzene rings is 3. The third kappa shape index (κ3) is 22.8. The van der Waals surface area contributed by atoms with Crippen molar-refractivity contribution in [1.29, 1.82) is 0 Å². The molecule has 9 atom stereocenters. The Hall–Kier alpha value is -9.80. The van der Waals surface area contributed by atoms with Crippen LogP contribution in [-0.2, 0) is 67.2 Å². The second-order valence-corrected chi connectivity index (χ2v) is 20.6. The second kappa shape index (κ2) is 33.3. The zero-order valence-corrected chi connectivity index (χ0v) is 48.1. The van der Waals surface area contributed by atoms with Gasteiger partial charge in [-0.2, -0.15) is 0 Å². The summed E-state index contributed by atoms with van der Waals surface area (Å²) >= 11 is 0. The summed E-state index contributed by atoms with van der Waals surface area (Å²) in [5.41, 5.74) is 23.9. The lowest BCUT2D eigenvalue weighted by Gasteiger charge is -2.27. The van der Waals surface area contributed by atoms with Gasteiger partial charge in [0.05, 0.1) is 12.5 Å². The van der Waals surface area contributed by atoms with Crippen LogP contribution in [0.15, 0.2) is 90.1 Å². The van der Waals surface area contributed by atoms with E-state index in [-0.39, 0.29) is 62.7 Å². The quantitative estimate of drug-likeness (QED) is 0.0104. The van der Waals surface area contributed by atoms with Crippen molar-refractivity contribution >= 4 is 82.0 Å². The fourth-order valence-corrected chi connectivity index (χ4v) is 8.65. The van der Waals surface area contributed by atoms with Gasteiger partial charge in [-0.05, 0) is 73.9 Å². The van der Waals surface area contributed by atoms with Crippen molar-refractivity contribution in [3.63, 3.8) is 0 Å². The zero-order chi connectivity index (χ0) is 62.9. The number of hydrazine groups is 1. The van der Waals surface area contributed by atoms with Gasteiger partial charge in [0.2, 0.25) is 53.2 Å². The highest BCUT2D eigenvalue weighted by atomic mass is 16.3. The molecular formula is C56H78N16O13. The molecule has 29 heteroatoms. The fourth-order valence-electron chi connectivity index (χ4n) is 8.65. The Labute approximate surface area is 490 Å². The minimum absolute atomic E-state index is 0.0180. The Balaban J connectivity index is 1.46. The Morgan fingerprint density at radius 3 is 1.75 bits per heavy atom. The minimum Gasteiger partial charge on any atom is -0.508 e. The number of H-pyrrole nitrogens is 1. The summed E-state index contributed by atoms with van der Waals surface area (Å²) in [4.78, 5) is 154. The highest BCUT2D eigenvalue weighted by Crippen LogP contribution is 2.20. The summed E-state index contributed by atoms with van der Waals surface area (Å²) in [5, 5.41) is 43.9. The van der Waals surface area contributed by atoms with Crippen LogP contribution in [0.25, 0.3) is 10.9 Å². The van der Waals surface area contributed by atoms with Crippen molar-refractivity contribution in [3.8, 4) is 5.75 Å². The number of hydrogen-bond donors (Lipinski definition) is 17. The lowest BCUT2D eigenvalue weighted by molar-refractivity contribution is -0.137. The predicted octanol–water partition coefficient (Wildman–Crippen LogP) is -2.86. The molecule has 85 heavy (non-hydrogen) atoms. The van der Waals surface area contributed by atoms with Gasteiger partial charge in [0.1, 0.15) is 54.1 Å². The molecule has 4 rings (SSSR count). The van der Waals surface area contributed by atoms with Crippen LogP contribution in [0.1, 0.15) is 77.0 Å². The number of rotatable bonds is 31. The van der Waals surface area contributed by atoms with E-state index < -0.39 is 126 Å². The number of aromatic amines is 1. The lowest BCUT2D eigenvalue weighted by atomic mass is 10.0. The number of phenolic OH excluding ortho intramolecular Hbond substituents is 1. The summed E-state index contributed by atoms with van der Waals surface area (Å²) in [6.07, 6.45) is -0.737. The van der Waals surface area contributed by atoms with Crippen LogP contribution in [0, 0.1) is 5.92 Å². The highest BCUT2D eigenvalue weighted by Gasteiger charge is 2.35. The number of nitrogens with one attached hydrogen (secondary N) is 12. The van der Waals surface area contributed by atoms with Gasteiger partial charge in [-0.1, -0.05) is 74.5 Å². The van der Waals surface area contributed by atoms with E-state index in [1.165, 1.54) is 45.2 Å². The number of primary amides is 2. The Morgan fingerprint density at radius 2 is 1.14 bits per heavy atom. The second-order valence-electron chi connectivity index (χ2n) is 20.6. The standard InChI is InChI=1S/C56H78N16O13/c1-29(2)23-41(51(81)65-39(17-12-22-61-55(59)60-6)49(79)66-40(47(58)77)26-35-28-62-38-16-11-10-15-37(35)38)69-56(85)72-71-53(83)43(24-33-13-8-7-9-14-33)68-54(84)46(31(4)73)70-52(82)44(27-45(57)76)67-48(78)30(3)63-50(80)42(64-32(5)74)25-34-18-20-36(75)21-19-34/h7-11,13-16,18-21,28-31,39-44,46,62,73,75H,12,17,22-27H2,1-6H3,(H2,57,76)(H2,58,77)(H,63,80)(H,64,74)(H,65,81)(H,66,79)(H,67,78)(H,68,84)(H,70,82)(H,71,83)(H3,59,60,61)(H2,69,72,85)/t30-,31-,39+,40+,41+,42-,43+,44+,46+/m1/s1.